The largest absolute Gasteiger partial charge is 0.466 e. The van der Waals surface area contributed by atoms with Crippen molar-refractivity contribution in [1.29, 1.82) is 0 Å². The maximum atomic E-state index is 11.8. The number of furan rings is 1. The summed E-state index contributed by atoms with van der Waals surface area (Å²) in [7, 11) is 2.46. The number of hydrogen-bond acceptors (Lipinski definition) is 6. The van der Waals surface area contributed by atoms with Gasteiger partial charge in [0.1, 0.15) is 17.2 Å². The number of nitrogens with one attached hydrogen (secondary N) is 1. The molecule has 0 atom stereocenters. The molecule has 23 heavy (non-hydrogen) atoms. The second-order valence-corrected chi connectivity index (χ2v) is 4.65. The molecule has 1 aromatic carbocycles. The average Bonchev–Trinajstić information content (AvgIpc) is 3.00. The zero-order chi connectivity index (χ0) is 16.8. The van der Waals surface area contributed by atoms with Crippen LogP contribution in [-0.4, -0.2) is 26.2 Å². The number of para-hydroxylation sites is 1. The molecule has 0 saturated carbocycles. The topological polar surface area (TPSA) is 77.8 Å². The Morgan fingerprint density at radius 2 is 1.83 bits per heavy atom. The van der Waals surface area contributed by atoms with E-state index in [1.165, 1.54) is 14.2 Å². The molecule has 1 N–H and O–H groups in total. The fourth-order valence-corrected chi connectivity index (χ4v) is 1.96. The Morgan fingerprint density at radius 3 is 2.43 bits per heavy atom. The molecule has 2 aromatic rings. The van der Waals surface area contributed by atoms with Gasteiger partial charge in [-0.3, -0.25) is 0 Å². The van der Waals surface area contributed by atoms with E-state index in [2.05, 4.69) is 14.8 Å². The Morgan fingerprint density at radius 1 is 1.09 bits per heavy atom. The average molecular weight is 315 g/mol. The van der Waals surface area contributed by atoms with Gasteiger partial charge in [-0.05, 0) is 31.2 Å². The van der Waals surface area contributed by atoms with E-state index in [1.807, 2.05) is 31.2 Å². The van der Waals surface area contributed by atoms with Crippen LogP contribution in [0.1, 0.15) is 5.76 Å². The van der Waals surface area contributed by atoms with E-state index in [-0.39, 0.29) is 5.70 Å². The van der Waals surface area contributed by atoms with Gasteiger partial charge in [0.15, 0.2) is 0 Å². The number of esters is 2. The van der Waals surface area contributed by atoms with Gasteiger partial charge in [0, 0.05) is 11.3 Å². The highest BCUT2D eigenvalue weighted by molar-refractivity contribution is 5.99. The highest BCUT2D eigenvalue weighted by atomic mass is 16.5. The van der Waals surface area contributed by atoms with Crippen molar-refractivity contribution >= 4 is 17.6 Å². The Balaban J connectivity index is 2.39. The first kappa shape index (κ1) is 16.4. The molecular formula is C17H17NO5. The van der Waals surface area contributed by atoms with E-state index in [0.717, 1.165) is 17.4 Å². The van der Waals surface area contributed by atoms with Crippen molar-refractivity contribution in [2.45, 2.75) is 6.92 Å². The van der Waals surface area contributed by atoms with E-state index in [9.17, 15) is 9.59 Å². The number of hydrogen-bond donors (Lipinski definition) is 1. The first-order valence-corrected chi connectivity index (χ1v) is 6.86. The molecule has 0 aliphatic rings. The van der Waals surface area contributed by atoms with Crippen LogP contribution < -0.4 is 5.32 Å². The Bertz CT molecular complexity index is 745. The molecule has 6 nitrogen and oxygen atoms in total. The van der Waals surface area contributed by atoms with E-state index in [4.69, 9.17) is 4.42 Å². The van der Waals surface area contributed by atoms with Crippen molar-refractivity contribution in [3.8, 4) is 11.3 Å². The fourth-order valence-electron chi connectivity index (χ4n) is 1.96. The van der Waals surface area contributed by atoms with Gasteiger partial charge in [0.05, 0.1) is 20.3 Å². The zero-order valence-electron chi connectivity index (χ0n) is 13.1. The summed E-state index contributed by atoms with van der Waals surface area (Å²) in [6, 6.07) is 10.9. The highest BCUT2D eigenvalue weighted by Gasteiger charge is 2.16. The molecule has 1 heterocycles. The van der Waals surface area contributed by atoms with E-state index >= 15 is 0 Å². The minimum absolute atomic E-state index is 0.0323. The van der Waals surface area contributed by atoms with Gasteiger partial charge in [0.25, 0.3) is 0 Å². The van der Waals surface area contributed by atoms with Crippen molar-refractivity contribution in [2.24, 2.45) is 0 Å². The molecule has 120 valence electrons. The molecule has 0 amide bonds. The van der Waals surface area contributed by atoms with Crippen molar-refractivity contribution in [1.82, 2.24) is 0 Å². The maximum absolute atomic E-state index is 11.8. The first-order valence-electron chi connectivity index (χ1n) is 6.86. The summed E-state index contributed by atoms with van der Waals surface area (Å²) in [5.41, 5.74) is 1.32. The maximum Gasteiger partial charge on any atom is 0.354 e. The van der Waals surface area contributed by atoms with Gasteiger partial charge in [-0.15, -0.1) is 0 Å². The molecule has 6 heteroatoms. The lowest BCUT2D eigenvalue weighted by atomic mass is 10.1. The minimum Gasteiger partial charge on any atom is -0.466 e. The lowest BCUT2D eigenvalue weighted by Crippen LogP contribution is -2.15. The van der Waals surface area contributed by atoms with E-state index in [0.29, 0.717) is 11.4 Å². The number of benzene rings is 1. The van der Waals surface area contributed by atoms with Crippen molar-refractivity contribution in [3.05, 3.63) is 53.9 Å². The molecule has 0 saturated heterocycles. The number of rotatable bonds is 5. The second kappa shape index (κ2) is 7.31. The van der Waals surface area contributed by atoms with Gasteiger partial charge in [-0.1, -0.05) is 12.1 Å². The summed E-state index contributed by atoms with van der Waals surface area (Å²) in [5, 5.41) is 2.90. The van der Waals surface area contributed by atoms with Crippen LogP contribution >= 0.6 is 0 Å². The smallest absolute Gasteiger partial charge is 0.354 e. The van der Waals surface area contributed by atoms with Crippen LogP contribution in [0.5, 0.6) is 0 Å². The molecule has 0 spiro atoms. The predicted molar refractivity (Wildman–Crippen MR) is 84.6 cm³/mol. The standard InChI is InChI=1S/C17H17NO5/c1-11-8-9-15(23-11)12-6-4-5-7-13(12)18-14(17(20)22-3)10-16(19)21-2/h4-10,18H,1-3H3/b14-10+. The van der Waals surface area contributed by atoms with Crippen molar-refractivity contribution < 1.29 is 23.5 Å². The summed E-state index contributed by atoms with van der Waals surface area (Å²) in [6.07, 6.45) is 1.04. The third-order valence-electron chi connectivity index (χ3n) is 3.07. The lowest BCUT2D eigenvalue weighted by Gasteiger charge is -2.12. The van der Waals surface area contributed by atoms with Gasteiger partial charge in [0.2, 0.25) is 0 Å². The summed E-state index contributed by atoms with van der Waals surface area (Å²) < 4.78 is 14.8. The van der Waals surface area contributed by atoms with Gasteiger partial charge in [-0.25, -0.2) is 9.59 Å². The summed E-state index contributed by atoms with van der Waals surface area (Å²) in [4.78, 5) is 23.3. The summed E-state index contributed by atoms with van der Waals surface area (Å²) in [6.45, 7) is 1.84. The minimum atomic E-state index is -0.680. The molecule has 0 unspecified atom stereocenters. The molecule has 0 aliphatic heterocycles. The predicted octanol–water partition coefficient (Wildman–Crippen LogP) is 2.90. The third kappa shape index (κ3) is 4.00. The Labute approximate surface area is 133 Å². The van der Waals surface area contributed by atoms with Crippen LogP contribution in [0.15, 0.2) is 52.6 Å². The van der Waals surface area contributed by atoms with E-state index in [1.54, 1.807) is 12.1 Å². The molecule has 2 rings (SSSR count). The van der Waals surface area contributed by atoms with Crippen LogP contribution in [0.2, 0.25) is 0 Å². The van der Waals surface area contributed by atoms with Gasteiger partial charge in [-0.2, -0.15) is 0 Å². The number of anilines is 1. The Kier molecular flexibility index (Phi) is 5.19. The second-order valence-electron chi connectivity index (χ2n) is 4.65. The summed E-state index contributed by atoms with van der Waals surface area (Å²) in [5.74, 6) is 0.0750. The number of carbonyl (C=O) groups excluding carboxylic acids is 2. The monoisotopic (exact) mass is 315 g/mol. The van der Waals surface area contributed by atoms with Crippen molar-refractivity contribution in [2.75, 3.05) is 19.5 Å². The lowest BCUT2D eigenvalue weighted by molar-refractivity contribution is -0.138. The number of carbonyl (C=O) groups is 2. The third-order valence-corrected chi connectivity index (χ3v) is 3.07. The van der Waals surface area contributed by atoms with Gasteiger partial charge >= 0.3 is 11.9 Å². The molecule has 0 radical (unpaired) electrons. The zero-order valence-corrected chi connectivity index (χ0v) is 13.1. The SMILES string of the molecule is COC(=O)/C=C(/Nc1ccccc1-c1ccc(C)o1)C(=O)OC. The van der Waals surface area contributed by atoms with Crippen LogP contribution in [0.3, 0.4) is 0 Å². The van der Waals surface area contributed by atoms with Crippen LogP contribution in [0.4, 0.5) is 5.69 Å². The van der Waals surface area contributed by atoms with Crippen LogP contribution in [0, 0.1) is 6.92 Å². The molecular weight excluding hydrogens is 298 g/mol. The number of methoxy groups -OCH3 is 2. The first-order chi connectivity index (χ1) is 11.0. The fraction of sp³-hybridized carbons (Fsp3) is 0.176. The molecule has 1 aromatic heterocycles. The normalized spacial score (nSPS) is 11.0. The van der Waals surface area contributed by atoms with Gasteiger partial charge < -0.3 is 19.2 Å². The molecule has 0 bridgehead atoms. The summed E-state index contributed by atoms with van der Waals surface area (Å²) >= 11 is 0. The highest BCUT2D eigenvalue weighted by Crippen LogP contribution is 2.30. The quantitative estimate of drug-likeness (QED) is 0.675. The number of ether oxygens (including phenoxy) is 2. The van der Waals surface area contributed by atoms with Crippen molar-refractivity contribution in [3.63, 3.8) is 0 Å². The van der Waals surface area contributed by atoms with E-state index < -0.39 is 11.9 Å². The van der Waals surface area contributed by atoms with Crippen LogP contribution in [0.25, 0.3) is 11.3 Å². The van der Waals surface area contributed by atoms with Crippen LogP contribution in [-0.2, 0) is 19.1 Å². The Hall–Kier alpha value is -3.02. The molecule has 0 aliphatic carbocycles. The number of aryl methyl sites for hydroxylation is 1. The molecule has 0 fully saturated rings.